The van der Waals surface area contributed by atoms with Gasteiger partial charge < -0.3 is 4.74 Å². The number of hydrogen-bond acceptors (Lipinski definition) is 7. The van der Waals surface area contributed by atoms with Gasteiger partial charge in [0, 0.05) is 0 Å². The van der Waals surface area contributed by atoms with Gasteiger partial charge in [0.2, 0.25) is 0 Å². The van der Waals surface area contributed by atoms with Crippen molar-refractivity contribution in [2.75, 3.05) is 18.1 Å². The monoisotopic (exact) mass is 344 g/mol. The Balaban J connectivity index is 1.81. The van der Waals surface area contributed by atoms with Gasteiger partial charge in [-0.3, -0.25) is 19.4 Å². The Morgan fingerprint density at radius 1 is 1.20 bits per heavy atom. The van der Waals surface area contributed by atoms with Gasteiger partial charge in [0.05, 0.1) is 12.3 Å². The summed E-state index contributed by atoms with van der Waals surface area (Å²) in [4.78, 5) is 38.1. The van der Waals surface area contributed by atoms with Crippen LogP contribution in [0.4, 0.5) is 5.69 Å². The Kier molecular flexibility index (Phi) is 4.52. The number of rotatable bonds is 5. The van der Waals surface area contributed by atoms with Gasteiger partial charge in [-0.05, 0) is 30.5 Å². The summed E-state index contributed by atoms with van der Waals surface area (Å²) in [6, 6.07) is 5.49. The molecule has 25 heavy (non-hydrogen) atoms. The largest absolute Gasteiger partial charge is 0.465 e. The highest BCUT2D eigenvalue weighted by Crippen LogP contribution is 2.32. The maximum atomic E-state index is 12.8. The Bertz CT molecular complexity index is 729. The van der Waals surface area contributed by atoms with E-state index < -0.39 is 29.9 Å². The van der Waals surface area contributed by atoms with Gasteiger partial charge in [0.25, 0.3) is 11.8 Å². The fraction of sp³-hybridized carbons (Fsp3) is 0.471. The van der Waals surface area contributed by atoms with E-state index >= 15 is 0 Å². The van der Waals surface area contributed by atoms with E-state index in [4.69, 9.17) is 4.74 Å². The minimum Gasteiger partial charge on any atom is -0.465 e. The molecule has 1 fully saturated rings. The fourth-order valence-corrected chi connectivity index (χ4v) is 2.96. The summed E-state index contributed by atoms with van der Waals surface area (Å²) in [7, 11) is 0. The van der Waals surface area contributed by atoms with E-state index in [1.54, 1.807) is 19.1 Å². The summed E-state index contributed by atoms with van der Waals surface area (Å²) in [5.41, 5.74) is 1.62. The second-order valence-electron chi connectivity index (χ2n) is 6.26. The number of amides is 2. The van der Waals surface area contributed by atoms with Gasteiger partial charge in [-0.1, -0.05) is 31.2 Å². The number of ether oxygens (including phenoxy) is 1. The number of carbonyl (C=O) groups excluding carboxylic acids is 3. The van der Waals surface area contributed by atoms with Crippen molar-refractivity contribution in [3.63, 3.8) is 0 Å². The van der Waals surface area contributed by atoms with Crippen LogP contribution >= 0.6 is 0 Å². The number of hydrogen-bond donors (Lipinski definition) is 0. The molecule has 0 aliphatic carbocycles. The van der Waals surface area contributed by atoms with E-state index in [9.17, 15) is 14.4 Å². The van der Waals surface area contributed by atoms with E-state index in [1.807, 2.05) is 12.1 Å². The standard InChI is InChI=1S/C17H20N4O4/c1-4-25-13(22)9-20-15-14(18-19-20)16(23)21(17(15)24)12-7-5-11(6-8-12)10(2)3/h5-8,10,14-15H,4,9H2,1-3H3/t14-,15-/m0/s1. The summed E-state index contributed by atoms with van der Waals surface area (Å²) in [5, 5.41) is 8.90. The molecule has 2 amide bonds. The molecule has 8 nitrogen and oxygen atoms in total. The number of esters is 1. The molecular weight excluding hydrogens is 324 g/mol. The zero-order valence-corrected chi connectivity index (χ0v) is 14.4. The molecule has 1 aromatic carbocycles. The third-order valence-corrected chi connectivity index (χ3v) is 4.27. The molecule has 0 bridgehead atoms. The molecule has 0 N–H and O–H groups in total. The van der Waals surface area contributed by atoms with Crippen LogP contribution in [0.2, 0.25) is 0 Å². The van der Waals surface area contributed by atoms with Gasteiger partial charge in [0.1, 0.15) is 6.54 Å². The van der Waals surface area contributed by atoms with Gasteiger partial charge >= 0.3 is 5.97 Å². The summed E-state index contributed by atoms with van der Waals surface area (Å²) in [5.74, 6) is -1.02. The smallest absolute Gasteiger partial charge is 0.327 e. The van der Waals surface area contributed by atoms with E-state index in [-0.39, 0.29) is 13.2 Å². The van der Waals surface area contributed by atoms with Gasteiger partial charge in [-0.25, -0.2) is 4.90 Å². The SMILES string of the molecule is CCOC(=O)CN1N=N[C@@H]2C(=O)N(c3ccc(C(C)C)cc3)C(=O)[C@H]21. The van der Waals surface area contributed by atoms with E-state index in [0.29, 0.717) is 11.6 Å². The minimum absolute atomic E-state index is 0.211. The van der Waals surface area contributed by atoms with Crippen molar-refractivity contribution in [2.24, 2.45) is 10.3 Å². The summed E-state index contributed by atoms with van der Waals surface area (Å²) in [6.45, 7) is 5.86. The highest BCUT2D eigenvalue weighted by molar-refractivity contribution is 6.25. The first-order chi connectivity index (χ1) is 11.9. The fourth-order valence-electron chi connectivity index (χ4n) is 2.96. The number of fused-ring (bicyclic) bond motifs is 1. The number of benzene rings is 1. The molecule has 0 saturated carbocycles. The van der Waals surface area contributed by atoms with Crippen LogP contribution in [0.25, 0.3) is 0 Å². The molecule has 0 aromatic heterocycles. The molecule has 0 unspecified atom stereocenters. The Labute approximate surface area is 145 Å². The van der Waals surface area contributed by atoms with Crippen molar-refractivity contribution < 1.29 is 19.1 Å². The quantitative estimate of drug-likeness (QED) is 0.598. The zero-order chi connectivity index (χ0) is 18.1. The minimum atomic E-state index is -0.910. The average Bonchev–Trinajstić information content (AvgIpc) is 3.08. The number of nitrogens with zero attached hydrogens (tertiary/aromatic N) is 4. The predicted molar refractivity (Wildman–Crippen MR) is 88.8 cm³/mol. The van der Waals surface area contributed by atoms with Crippen molar-refractivity contribution in [3.8, 4) is 0 Å². The second-order valence-corrected chi connectivity index (χ2v) is 6.26. The topological polar surface area (TPSA) is 91.6 Å². The second kappa shape index (κ2) is 6.62. The van der Waals surface area contributed by atoms with Crippen molar-refractivity contribution in [1.82, 2.24) is 5.01 Å². The van der Waals surface area contributed by atoms with Crippen LogP contribution in [0.3, 0.4) is 0 Å². The van der Waals surface area contributed by atoms with Gasteiger partial charge in [0.15, 0.2) is 12.1 Å². The molecule has 0 spiro atoms. The maximum absolute atomic E-state index is 12.8. The van der Waals surface area contributed by atoms with Crippen molar-refractivity contribution in [2.45, 2.75) is 38.8 Å². The summed E-state index contributed by atoms with van der Waals surface area (Å²) < 4.78 is 4.87. The number of imide groups is 1. The Morgan fingerprint density at radius 2 is 1.88 bits per heavy atom. The molecular formula is C17H20N4O4. The Morgan fingerprint density at radius 3 is 2.48 bits per heavy atom. The molecule has 2 aliphatic rings. The highest BCUT2D eigenvalue weighted by Gasteiger charge is 2.55. The zero-order valence-electron chi connectivity index (χ0n) is 14.4. The molecule has 8 heteroatoms. The third-order valence-electron chi connectivity index (χ3n) is 4.27. The van der Waals surface area contributed by atoms with E-state index in [2.05, 4.69) is 24.2 Å². The molecule has 1 saturated heterocycles. The lowest BCUT2D eigenvalue weighted by Gasteiger charge is -2.20. The lowest BCUT2D eigenvalue weighted by atomic mass is 10.0. The molecule has 3 rings (SSSR count). The average molecular weight is 344 g/mol. The van der Waals surface area contributed by atoms with Crippen LogP contribution in [0.15, 0.2) is 34.6 Å². The van der Waals surface area contributed by atoms with Crippen LogP contribution in [0, 0.1) is 0 Å². The van der Waals surface area contributed by atoms with Gasteiger partial charge in [-0.2, -0.15) is 5.11 Å². The number of carbonyl (C=O) groups is 3. The predicted octanol–water partition coefficient (Wildman–Crippen LogP) is 1.67. The first-order valence-electron chi connectivity index (χ1n) is 8.24. The van der Waals surface area contributed by atoms with E-state index in [0.717, 1.165) is 10.5 Å². The first kappa shape index (κ1) is 17.1. The summed E-state index contributed by atoms with van der Waals surface area (Å²) >= 11 is 0. The lowest BCUT2D eigenvalue weighted by molar-refractivity contribution is -0.145. The molecule has 2 atom stereocenters. The van der Waals surface area contributed by atoms with Crippen LogP contribution in [0.1, 0.15) is 32.3 Å². The molecule has 0 radical (unpaired) electrons. The van der Waals surface area contributed by atoms with Crippen LogP contribution < -0.4 is 4.90 Å². The maximum Gasteiger partial charge on any atom is 0.327 e. The molecule has 132 valence electrons. The van der Waals surface area contributed by atoms with E-state index in [1.165, 1.54) is 5.01 Å². The highest BCUT2D eigenvalue weighted by atomic mass is 16.5. The van der Waals surface area contributed by atoms with Crippen molar-refractivity contribution in [1.29, 1.82) is 0 Å². The van der Waals surface area contributed by atoms with Crippen LogP contribution in [-0.4, -0.2) is 48.0 Å². The third kappa shape index (κ3) is 2.99. The molecule has 1 aromatic rings. The molecule has 2 heterocycles. The summed E-state index contributed by atoms with van der Waals surface area (Å²) in [6.07, 6.45) is 0. The van der Waals surface area contributed by atoms with Crippen LogP contribution in [0.5, 0.6) is 0 Å². The molecule has 2 aliphatic heterocycles. The van der Waals surface area contributed by atoms with Crippen molar-refractivity contribution >= 4 is 23.5 Å². The van der Waals surface area contributed by atoms with Crippen LogP contribution in [-0.2, 0) is 19.1 Å². The van der Waals surface area contributed by atoms with Gasteiger partial charge in [-0.15, -0.1) is 0 Å². The first-order valence-corrected chi connectivity index (χ1v) is 8.24. The van der Waals surface area contributed by atoms with Crippen molar-refractivity contribution in [3.05, 3.63) is 29.8 Å². The lowest BCUT2D eigenvalue weighted by Crippen LogP contribution is -2.42. The Hall–Kier alpha value is -2.77. The number of anilines is 1. The normalized spacial score (nSPS) is 22.1.